The summed E-state index contributed by atoms with van der Waals surface area (Å²) in [6.45, 7) is 0.509. The predicted octanol–water partition coefficient (Wildman–Crippen LogP) is 4.98. The number of benzene rings is 2. The largest absolute Gasteiger partial charge is 0.352 e. The number of anilines is 2. The standard InChI is InChI=1S/C21H17Cl2N5O/c22-15-5-3-6-16(23)19(15)28-21-26-17-8-7-13(12-18(17)27-21)20(29)25-11-9-14-4-1-2-10-24-14/h1-8,10,12H,9,11H2,(H,25,29)(H2,26,27,28). The maximum absolute atomic E-state index is 12.4. The SMILES string of the molecule is O=C(NCCc1ccccn1)c1ccc2nc(Nc3c(Cl)cccc3Cl)[nH]c2c1. The van der Waals surface area contributed by atoms with Gasteiger partial charge in [-0.15, -0.1) is 0 Å². The van der Waals surface area contributed by atoms with Crippen LogP contribution in [-0.4, -0.2) is 27.4 Å². The second kappa shape index (κ2) is 8.51. The Kier molecular flexibility index (Phi) is 5.64. The highest BCUT2D eigenvalue weighted by molar-refractivity contribution is 6.39. The maximum Gasteiger partial charge on any atom is 0.251 e. The first kappa shape index (κ1) is 19.2. The number of nitrogens with zero attached hydrogens (tertiary/aromatic N) is 2. The molecule has 2 aromatic heterocycles. The van der Waals surface area contributed by atoms with Gasteiger partial charge in [0.1, 0.15) is 0 Å². The van der Waals surface area contributed by atoms with Gasteiger partial charge in [-0.25, -0.2) is 4.98 Å². The Labute approximate surface area is 177 Å². The van der Waals surface area contributed by atoms with E-state index >= 15 is 0 Å². The lowest BCUT2D eigenvalue weighted by Gasteiger charge is -2.07. The van der Waals surface area contributed by atoms with E-state index in [1.54, 1.807) is 42.6 Å². The Hall–Kier alpha value is -3.09. The van der Waals surface area contributed by atoms with Crippen LogP contribution in [0.3, 0.4) is 0 Å². The van der Waals surface area contributed by atoms with Gasteiger partial charge in [-0.2, -0.15) is 0 Å². The van der Waals surface area contributed by atoms with Crippen molar-refractivity contribution in [1.29, 1.82) is 0 Å². The van der Waals surface area contributed by atoms with Crippen LogP contribution in [0, 0.1) is 0 Å². The van der Waals surface area contributed by atoms with Crippen LogP contribution in [0.1, 0.15) is 16.1 Å². The minimum absolute atomic E-state index is 0.152. The topological polar surface area (TPSA) is 82.7 Å². The first-order chi connectivity index (χ1) is 14.1. The number of para-hydroxylation sites is 1. The second-order valence-electron chi connectivity index (χ2n) is 6.37. The van der Waals surface area contributed by atoms with Crippen molar-refractivity contribution in [3.05, 3.63) is 82.1 Å². The zero-order valence-electron chi connectivity index (χ0n) is 15.2. The molecule has 0 saturated heterocycles. The molecule has 4 aromatic rings. The molecule has 29 heavy (non-hydrogen) atoms. The third kappa shape index (κ3) is 4.50. The molecule has 0 fully saturated rings. The number of hydrogen-bond donors (Lipinski definition) is 3. The highest BCUT2D eigenvalue weighted by Gasteiger charge is 2.11. The lowest BCUT2D eigenvalue weighted by molar-refractivity contribution is 0.0954. The lowest BCUT2D eigenvalue weighted by Crippen LogP contribution is -2.25. The zero-order chi connectivity index (χ0) is 20.2. The number of carbonyl (C=O) groups excluding carboxylic acids is 1. The highest BCUT2D eigenvalue weighted by atomic mass is 35.5. The monoisotopic (exact) mass is 425 g/mol. The molecule has 146 valence electrons. The smallest absolute Gasteiger partial charge is 0.251 e. The number of aromatic nitrogens is 3. The van der Waals surface area contributed by atoms with Gasteiger partial charge in [0.05, 0.1) is 26.8 Å². The molecule has 0 aliphatic heterocycles. The number of imidazole rings is 1. The van der Waals surface area contributed by atoms with E-state index in [1.165, 1.54) is 0 Å². The van der Waals surface area contributed by atoms with Crippen LogP contribution in [-0.2, 0) is 6.42 Å². The Morgan fingerprint density at radius 1 is 1.03 bits per heavy atom. The molecule has 3 N–H and O–H groups in total. The van der Waals surface area contributed by atoms with Crippen molar-refractivity contribution < 1.29 is 4.79 Å². The molecular formula is C21H17Cl2N5O. The van der Waals surface area contributed by atoms with Crippen LogP contribution in [0.25, 0.3) is 11.0 Å². The fourth-order valence-corrected chi connectivity index (χ4v) is 3.39. The number of pyridine rings is 1. The van der Waals surface area contributed by atoms with Gasteiger partial charge in [-0.3, -0.25) is 9.78 Å². The van der Waals surface area contributed by atoms with E-state index in [0.29, 0.717) is 40.2 Å². The molecule has 0 unspecified atom stereocenters. The van der Waals surface area contributed by atoms with Gasteiger partial charge in [0, 0.05) is 30.4 Å². The highest BCUT2D eigenvalue weighted by Crippen LogP contribution is 2.32. The Morgan fingerprint density at radius 3 is 2.62 bits per heavy atom. The Morgan fingerprint density at radius 2 is 1.86 bits per heavy atom. The van der Waals surface area contributed by atoms with Crippen LogP contribution < -0.4 is 10.6 Å². The van der Waals surface area contributed by atoms with Crippen molar-refractivity contribution >= 4 is 51.8 Å². The molecule has 0 bridgehead atoms. The van der Waals surface area contributed by atoms with Crippen molar-refractivity contribution in [2.24, 2.45) is 0 Å². The molecule has 8 heteroatoms. The number of aromatic amines is 1. The average molecular weight is 426 g/mol. The van der Waals surface area contributed by atoms with Gasteiger partial charge in [-0.1, -0.05) is 35.3 Å². The van der Waals surface area contributed by atoms with E-state index in [-0.39, 0.29) is 5.91 Å². The summed E-state index contributed by atoms with van der Waals surface area (Å²) in [4.78, 5) is 24.3. The van der Waals surface area contributed by atoms with Crippen molar-refractivity contribution in [3.8, 4) is 0 Å². The van der Waals surface area contributed by atoms with Crippen LogP contribution in [0.4, 0.5) is 11.6 Å². The number of H-pyrrole nitrogens is 1. The second-order valence-corrected chi connectivity index (χ2v) is 7.18. The third-order valence-electron chi connectivity index (χ3n) is 4.34. The third-order valence-corrected chi connectivity index (χ3v) is 4.97. The first-order valence-electron chi connectivity index (χ1n) is 8.99. The van der Waals surface area contributed by atoms with Gasteiger partial charge in [-0.05, 0) is 42.5 Å². The van der Waals surface area contributed by atoms with Crippen LogP contribution in [0.2, 0.25) is 10.0 Å². The van der Waals surface area contributed by atoms with E-state index in [2.05, 4.69) is 25.6 Å². The molecule has 0 atom stereocenters. The number of fused-ring (bicyclic) bond motifs is 1. The number of rotatable bonds is 6. The van der Waals surface area contributed by atoms with Gasteiger partial charge >= 0.3 is 0 Å². The van der Waals surface area contributed by atoms with Gasteiger partial charge in [0.15, 0.2) is 0 Å². The number of nitrogens with one attached hydrogen (secondary N) is 3. The minimum atomic E-state index is -0.152. The lowest BCUT2D eigenvalue weighted by atomic mass is 10.2. The number of carbonyl (C=O) groups is 1. The Balaban J connectivity index is 1.46. The number of amides is 1. The van der Waals surface area contributed by atoms with Crippen molar-refractivity contribution in [2.75, 3.05) is 11.9 Å². The van der Waals surface area contributed by atoms with Crippen molar-refractivity contribution in [2.45, 2.75) is 6.42 Å². The van der Waals surface area contributed by atoms with E-state index in [0.717, 1.165) is 16.7 Å². The normalized spacial score (nSPS) is 10.8. The first-order valence-corrected chi connectivity index (χ1v) is 9.74. The molecule has 6 nitrogen and oxygen atoms in total. The quantitative estimate of drug-likeness (QED) is 0.406. The van der Waals surface area contributed by atoms with Crippen molar-refractivity contribution in [3.63, 3.8) is 0 Å². The minimum Gasteiger partial charge on any atom is -0.352 e. The zero-order valence-corrected chi connectivity index (χ0v) is 16.8. The molecule has 4 rings (SSSR count). The summed E-state index contributed by atoms with van der Waals surface area (Å²) in [6.07, 6.45) is 2.41. The molecule has 2 aromatic carbocycles. The predicted molar refractivity (Wildman–Crippen MR) is 116 cm³/mol. The van der Waals surface area contributed by atoms with Gasteiger partial charge < -0.3 is 15.6 Å². The molecule has 1 amide bonds. The summed E-state index contributed by atoms with van der Waals surface area (Å²) in [5.41, 5.74) is 3.51. The molecule has 0 aliphatic rings. The molecule has 2 heterocycles. The summed E-state index contributed by atoms with van der Waals surface area (Å²) >= 11 is 12.4. The van der Waals surface area contributed by atoms with Crippen LogP contribution in [0.5, 0.6) is 0 Å². The van der Waals surface area contributed by atoms with E-state index < -0.39 is 0 Å². The van der Waals surface area contributed by atoms with Crippen molar-refractivity contribution in [1.82, 2.24) is 20.3 Å². The number of hydrogen-bond acceptors (Lipinski definition) is 4. The van der Waals surface area contributed by atoms with E-state index in [1.807, 2.05) is 18.2 Å². The van der Waals surface area contributed by atoms with Crippen LogP contribution >= 0.6 is 23.2 Å². The molecular weight excluding hydrogens is 409 g/mol. The summed E-state index contributed by atoms with van der Waals surface area (Å²) < 4.78 is 0. The fraction of sp³-hybridized carbons (Fsp3) is 0.0952. The van der Waals surface area contributed by atoms with Gasteiger partial charge in [0.25, 0.3) is 5.91 Å². The summed E-state index contributed by atoms with van der Waals surface area (Å²) in [5.74, 6) is 0.337. The maximum atomic E-state index is 12.4. The van der Waals surface area contributed by atoms with E-state index in [4.69, 9.17) is 23.2 Å². The molecule has 0 spiro atoms. The Bertz CT molecular complexity index is 1140. The average Bonchev–Trinajstić information content (AvgIpc) is 3.13. The summed E-state index contributed by atoms with van der Waals surface area (Å²) in [5, 5.41) is 6.99. The fourth-order valence-electron chi connectivity index (χ4n) is 2.90. The number of halogens is 2. The van der Waals surface area contributed by atoms with E-state index in [9.17, 15) is 4.79 Å². The summed E-state index contributed by atoms with van der Waals surface area (Å²) in [7, 11) is 0. The molecule has 0 saturated carbocycles. The van der Waals surface area contributed by atoms with Crippen LogP contribution in [0.15, 0.2) is 60.8 Å². The summed E-state index contributed by atoms with van der Waals surface area (Å²) in [6, 6.07) is 16.3. The molecule has 0 aliphatic carbocycles. The molecule has 0 radical (unpaired) electrons. The van der Waals surface area contributed by atoms with Gasteiger partial charge in [0.2, 0.25) is 5.95 Å².